The number of alkyl halides is 1. The van der Waals surface area contributed by atoms with E-state index in [4.69, 9.17) is 0 Å². The second kappa shape index (κ2) is 6.97. The van der Waals surface area contributed by atoms with Crippen molar-refractivity contribution in [3.8, 4) is 0 Å². The van der Waals surface area contributed by atoms with Crippen molar-refractivity contribution >= 4 is 5.91 Å². The summed E-state index contributed by atoms with van der Waals surface area (Å²) in [5, 5.41) is 3.38. The van der Waals surface area contributed by atoms with Gasteiger partial charge in [0.1, 0.15) is 6.04 Å². The molecule has 1 amide bonds. The van der Waals surface area contributed by atoms with Gasteiger partial charge in [-0.25, -0.2) is 4.39 Å². The topological polar surface area (TPSA) is 32.3 Å². The predicted molar refractivity (Wildman–Crippen MR) is 104 cm³/mol. The summed E-state index contributed by atoms with van der Waals surface area (Å²) >= 11 is 0. The summed E-state index contributed by atoms with van der Waals surface area (Å²) in [6.45, 7) is 0. The van der Waals surface area contributed by atoms with Crippen LogP contribution in [0.2, 0.25) is 0 Å². The third kappa shape index (κ3) is 2.82. The molecule has 0 bridgehead atoms. The normalized spacial score (nSPS) is 19.6. The highest BCUT2D eigenvalue weighted by atomic mass is 19.1. The molecule has 4 heteroatoms. The molecule has 0 saturated carbocycles. The highest BCUT2D eigenvalue weighted by Gasteiger charge is 2.50. The Morgan fingerprint density at radius 2 is 1.15 bits per heavy atom. The van der Waals surface area contributed by atoms with Gasteiger partial charge < -0.3 is 4.90 Å². The van der Waals surface area contributed by atoms with Crippen LogP contribution in [0.25, 0.3) is 0 Å². The summed E-state index contributed by atoms with van der Waals surface area (Å²) in [5.41, 5.74) is 2.03. The number of carbonyl (C=O) groups is 1. The Hall–Kier alpha value is -2.98. The molecule has 0 aliphatic carbocycles. The molecule has 4 rings (SSSR count). The molecule has 2 unspecified atom stereocenters. The zero-order valence-electron chi connectivity index (χ0n) is 15.0. The first-order valence-corrected chi connectivity index (χ1v) is 8.99. The van der Waals surface area contributed by atoms with Crippen LogP contribution < -0.4 is 5.32 Å². The van der Waals surface area contributed by atoms with E-state index in [1.165, 1.54) is 7.05 Å². The molecule has 3 nitrogen and oxygen atoms in total. The van der Waals surface area contributed by atoms with Gasteiger partial charge in [0, 0.05) is 7.05 Å². The molecule has 1 fully saturated rings. The largest absolute Gasteiger partial charge is 0.312 e. The quantitative estimate of drug-likeness (QED) is 0.427. The summed E-state index contributed by atoms with van der Waals surface area (Å²) in [5.74, 6) is -0.241. The number of nitrogens with one attached hydrogen (secondary N) is 1. The standard InChI is InChI=1S/C23H21FN2O/c1-26-21(24)20(22(26)27)25-23(17-11-5-2-6-12-17,18-13-7-3-8-14-18)19-15-9-4-10-16-19/h2-16,20-21,25H,1H3. The maximum absolute atomic E-state index is 14.5. The number of halogens is 1. The number of likely N-dealkylation sites (tertiary alicyclic amines) is 1. The first kappa shape index (κ1) is 17.4. The van der Waals surface area contributed by atoms with Crippen molar-refractivity contribution in [2.45, 2.75) is 17.9 Å². The summed E-state index contributed by atoms with van der Waals surface area (Å²) in [6, 6.07) is 28.7. The van der Waals surface area contributed by atoms with Crippen molar-refractivity contribution in [3.63, 3.8) is 0 Å². The Kier molecular flexibility index (Phi) is 4.50. The molecule has 1 saturated heterocycles. The molecule has 3 aromatic carbocycles. The molecule has 27 heavy (non-hydrogen) atoms. The van der Waals surface area contributed by atoms with Crippen LogP contribution in [0.4, 0.5) is 4.39 Å². The fourth-order valence-corrected chi connectivity index (χ4v) is 3.78. The van der Waals surface area contributed by atoms with Crippen LogP contribution in [0.5, 0.6) is 0 Å². The van der Waals surface area contributed by atoms with Gasteiger partial charge >= 0.3 is 0 Å². The minimum absolute atomic E-state index is 0.241. The van der Waals surface area contributed by atoms with Crippen molar-refractivity contribution in [3.05, 3.63) is 108 Å². The lowest BCUT2D eigenvalue weighted by molar-refractivity contribution is -0.159. The van der Waals surface area contributed by atoms with E-state index in [0.717, 1.165) is 21.6 Å². The number of nitrogens with zero attached hydrogens (tertiary/aromatic N) is 1. The number of hydrogen-bond acceptors (Lipinski definition) is 2. The maximum atomic E-state index is 14.5. The van der Waals surface area contributed by atoms with Crippen LogP contribution in [-0.4, -0.2) is 30.2 Å². The van der Waals surface area contributed by atoms with Gasteiger partial charge in [-0.2, -0.15) is 0 Å². The van der Waals surface area contributed by atoms with Crippen LogP contribution in [0, 0.1) is 0 Å². The number of hydrogen-bond donors (Lipinski definition) is 1. The van der Waals surface area contributed by atoms with Crippen LogP contribution in [0.15, 0.2) is 91.0 Å². The minimum Gasteiger partial charge on any atom is -0.312 e. The molecule has 1 aliphatic rings. The zero-order valence-corrected chi connectivity index (χ0v) is 15.0. The van der Waals surface area contributed by atoms with Gasteiger partial charge in [-0.1, -0.05) is 91.0 Å². The molecular weight excluding hydrogens is 339 g/mol. The molecule has 136 valence electrons. The minimum atomic E-state index is -1.35. The number of likely N-dealkylation sites (N-methyl/N-ethyl adjacent to an activating group) is 1. The molecule has 3 aromatic rings. The number of rotatable bonds is 5. The van der Waals surface area contributed by atoms with E-state index in [1.54, 1.807) is 0 Å². The van der Waals surface area contributed by atoms with Crippen molar-refractivity contribution in [1.29, 1.82) is 0 Å². The van der Waals surface area contributed by atoms with Crippen molar-refractivity contribution in [2.75, 3.05) is 7.05 Å². The van der Waals surface area contributed by atoms with E-state index in [-0.39, 0.29) is 5.91 Å². The number of β-lactam (4-membered cyclic amide) rings is 1. The predicted octanol–water partition coefficient (Wildman–Crippen LogP) is 3.70. The molecule has 0 spiro atoms. The van der Waals surface area contributed by atoms with Gasteiger partial charge in [-0.15, -0.1) is 0 Å². The monoisotopic (exact) mass is 360 g/mol. The summed E-state index contributed by atoms with van der Waals surface area (Å²) in [7, 11) is 1.49. The molecular formula is C23H21FN2O. The van der Waals surface area contributed by atoms with Gasteiger partial charge in [0.15, 0.2) is 6.30 Å². The number of carbonyl (C=O) groups excluding carboxylic acids is 1. The number of benzene rings is 3. The molecule has 2 atom stereocenters. The lowest BCUT2D eigenvalue weighted by Gasteiger charge is -2.46. The SMILES string of the molecule is CN1C(=O)C(NC(c2ccccc2)(c2ccccc2)c2ccccc2)C1F. The van der Waals surface area contributed by atoms with E-state index in [2.05, 4.69) is 5.32 Å². The fraction of sp³-hybridized carbons (Fsp3) is 0.174. The lowest BCUT2D eigenvalue weighted by atomic mass is 9.76. The van der Waals surface area contributed by atoms with Gasteiger partial charge in [0.05, 0.1) is 5.54 Å². The molecule has 0 radical (unpaired) electrons. The fourth-order valence-electron chi connectivity index (χ4n) is 3.78. The van der Waals surface area contributed by atoms with Gasteiger partial charge in [0.25, 0.3) is 0 Å². The second-order valence-corrected chi connectivity index (χ2v) is 6.79. The Morgan fingerprint density at radius 1 is 0.778 bits per heavy atom. The molecule has 1 aliphatic heterocycles. The highest BCUT2D eigenvalue weighted by molar-refractivity contribution is 5.88. The van der Waals surface area contributed by atoms with E-state index in [9.17, 15) is 9.18 Å². The summed E-state index contributed by atoms with van der Waals surface area (Å²) in [6.07, 6.45) is -1.35. The third-order valence-corrected chi connectivity index (χ3v) is 5.25. The zero-order chi connectivity index (χ0) is 18.9. The van der Waals surface area contributed by atoms with E-state index < -0.39 is 17.9 Å². The lowest BCUT2D eigenvalue weighted by Crippen LogP contribution is -2.70. The second-order valence-electron chi connectivity index (χ2n) is 6.79. The van der Waals surface area contributed by atoms with Crippen LogP contribution in [0.3, 0.4) is 0 Å². The third-order valence-electron chi connectivity index (χ3n) is 5.25. The average Bonchev–Trinajstić information content (AvgIpc) is 2.76. The number of amides is 1. The van der Waals surface area contributed by atoms with Crippen molar-refractivity contribution < 1.29 is 9.18 Å². The van der Waals surface area contributed by atoms with Crippen molar-refractivity contribution in [1.82, 2.24) is 10.2 Å². The van der Waals surface area contributed by atoms with Crippen LogP contribution in [0.1, 0.15) is 16.7 Å². The smallest absolute Gasteiger partial charge is 0.246 e. The van der Waals surface area contributed by atoms with Crippen molar-refractivity contribution in [2.24, 2.45) is 0 Å². The van der Waals surface area contributed by atoms with E-state index >= 15 is 0 Å². The Morgan fingerprint density at radius 3 is 1.48 bits per heavy atom. The van der Waals surface area contributed by atoms with Crippen LogP contribution in [-0.2, 0) is 10.3 Å². The van der Waals surface area contributed by atoms with Gasteiger partial charge in [0.2, 0.25) is 5.91 Å². The first-order chi connectivity index (χ1) is 13.1. The Balaban J connectivity index is 1.94. The van der Waals surface area contributed by atoms with E-state index in [0.29, 0.717) is 0 Å². The Bertz CT molecular complexity index is 818. The van der Waals surface area contributed by atoms with Gasteiger partial charge in [-0.3, -0.25) is 10.1 Å². The molecule has 0 aromatic heterocycles. The average molecular weight is 360 g/mol. The first-order valence-electron chi connectivity index (χ1n) is 8.99. The highest BCUT2D eigenvalue weighted by Crippen LogP contribution is 2.38. The van der Waals surface area contributed by atoms with E-state index in [1.807, 2.05) is 91.0 Å². The maximum Gasteiger partial charge on any atom is 0.246 e. The summed E-state index contributed by atoms with van der Waals surface area (Å²) in [4.78, 5) is 13.5. The summed E-state index contributed by atoms with van der Waals surface area (Å²) < 4.78 is 14.5. The molecule has 1 heterocycles. The molecule has 1 N–H and O–H groups in total. The Labute approximate surface area is 158 Å². The van der Waals surface area contributed by atoms with Gasteiger partial charge in [-0.05, 0) is 16.7 Å². The van der Waals surface area contributed by atoms with Crippen LogP contribution >= 0.6 is 0 Å².